The van der Waals surface area contributed by atoms with Crippen LogP contribution in [0, 0.1) is 0 Å². The van der Waals surface area contributed by atoms with Crippen LogP contribution >= 0.6 is 0 Å². The molecule has 0 bridgehead atoms. The number of benzene rings is 1. The van der Waals surface area contributed by atoms with Gasteiger partial charge in [0, 0.05) is 26.2 Å². The molecule has 11 heteroatoms. The van der Waals surface area contributed by atoms with Gasteiger partial charge in [0.2, 0.25) is 0 Å². The van der Waals surface area contributed by atoms with E-state index in [-0.39, 0.29) is 17.4 Å². The van der Waals surface area contributed by atoms with Gasteiger partial charge in [-0.2, -0.15) is 0 Å². The quantitative estimate of drug-likeness (QED) is 0.650. The molecule has 11 nitrogen and oxygen atoms in total. The summed E-state index contributed by atoms with van der Waals surface area (Å²) in [7, 11) is 0. The third-order valence-electron chi connectivity index (χ3n) is 4.69. The summed E-state index contributed by atoms with van der Waals surface area (Å²) in [5.41, 5.74) is -1.04. The van der Waals surface area contributed by atoms with Crippen molar-refractivity contribution in [2.45, 2.75) is 13.5 Å². The monoisotopic (exact) mass is 418 g/mol. The third kappa shape index (κ3) is 4.67. The highest BCUT2D eigenvalue weighted by Crippen LogP contribution is 2.05. The van der Waals surface area contributed by atoms with Crippen molar-refractivity contribution in [1.82, 2.24) is 19.6 Å². The Morgan fingerprint density at radius 3 is 2.27 bits per heavy atom. The molecule has 0 spiro atoms. The maximum atomic E-state index is 12.4. The topological polar surface area (TPSA) is 131 Å². The standard InChI is InChI=1S/C19H22N4O7/c1-2-29-19(28)22-9-7-21(8-10-22)15(24)12-30-16(25)11-23-18(27)14-6-4-3-5-13(14)17(26)20-23/h3-6H,2,7-12H2,1H3,(H,20,26). The molecule has 0 unspecified atom stereocenters. The molecule has 1 aliphatic rings. The van der Waals surface area contributed by atoms with E-state index in [1.54, 1.807) is 19.1 Å². The maximum absolute atomic E-state index is 12.4. The molecule has 1 aliphatic heterocycles. The molecule has 1 saturated heterocycles. The molecule has 0 saturated carbocycles. The maximum Gasteiger partial charge on any atom is 0.409 e. The molecule has 1 N–H and O–H groups in total. The molecule has 2 amide bonds. The van der Waals surface area contributed by atoms with Gasteiger partial charge in [-0.05, 0) is 19.1 Å². The average Bonchev–Trinajstić information content (AvgIpc) is 2.76. The first kappa shape index (κ1) is 21.1. The smallest absolute Gasteiger partial charge is 0.409 e. The number of hydrogen-bond donors (Lipinski definition) is 1. The molecule has 0 atom stereocenters. The van der Waals surface area contributed by atoms with Crippen molar-refractivity contribution < 1.29 is 23.9 Å². The first-order chi connectivity index (χ1) is 14.4. The van der Waals surface area contributed by atoms with Crippen LogP contribution in [0.2, 0.25) is 0 Å². The van der Waals surface area contributed by atoms with E-state index >= 15 is 0 Å². The third-order valence-corrected chi connectivity index (χ3v) is 4.69. The van der Waals surface area contributed by atoms with Crippen LogP contribution in [-0.4, -0.2) is 76.9 Å². The number of fused-ring (bicyclic) bond motifs is 1. The van der Waals surface area contributed by atoms with Crippen molar-refractivity contribution in [3.63, 3.8) is 0 Å². The molecule has 30 heavy (non-hydrogen) atoms. The SMILES string of the molecule is CCOC(=O)N1CCN(C(=O)COC(=O)Cn2[nH]c(=O)c3ccccc3c2=O)CC1. The lowest BCUT2D eigenvalue weighted by Gasteiger charge is -2.33. The van der Waals surface area contributed by atoms with Crippen LogP contribution in [0.5, 0.6) is 0 Å². The summed E-state index contributed by atoms with van der Waals surface area (Å²) >= 11 is 0. The Kier molecular flexibility index (Phi) is 6.50. The van der Waals surface area contributed by atoms with Gasteiger partial charge >= 0.3 is 12.1 Å². The Bertz CT molecular complexity index is 1070. The summed E-state index contributed by atoms with van der Waals surface area (Å²) in [4.78, 5) is 63.4. The van der Waals surface area contributed by atoms with Gasteiger partial charge in [-0.3, -0.25) is 24.3 Å². The number of H-pyrrole nitrogens is 1. The molecule has 1 aromatic carbocycles. The number of rotatable bonds is 5. The number of amides is 2. The van der Waals surface area contributed by atoms with Crippen molar-refractivity contribution in [3.05, 3.63) is 45.0 Å². The number of hydrogen-bond acceptors (Lipinski definition) is 7. The molecule has 2 aromatic rings. The Morgan fingerprint density at radius 1 is 0.967 bits per heavy atom. The Hall–Kier alpha value is -3.63. The highest BCUT2D eigenvalue weighted by molar-refractivity contribution is 5.82. The zero-order valence-corrected chi connectivity index (χ0v) is 16.5. The van der Waals surface area contributed by atoms with Crippen LogP contribution in [0.1, 0.15) is 6.92 Å². The predicted molar refractivity (Wildman–Crippen MR) is 105 cm³/mol. The van der Waals surface area contributed by atoms with Crippen molar-refractivity contribution in [1.29, 1.82) is 0 Å². The van der Waals surface area contributed by atoms with Gasteiger partial charge in [-0.25, -0.2) is 9.48 Å². The fourth-order valence-corrected chi connectivity index (χ4v) is 3.12. The van der Waals surface area contributed by atoms with E-state index in [0.29, 0.717) is 26.2 Å². The molecule has 3 rings (SSSR count). The Labute approximate surface area is 170 Å². The number of nitrogens with zero attached hydrogens (tertiary/aromatic N) is 3. The normalized spacial score (nSPS) is 13.9. The van der Waals surface area contributed by atoms with Crippen LogP contribution in [0.15, 0.2) is 33.9 Å². The lowest BCUT2D eigenvalue weighted by molar-refractivity contribution is -0.153. The number of ether oxygens (including phenoxy) is 2. The molecular weight excluding hydrogens is 396 g/mol. The van der Waals surface area contributed by atoms with E-state index in [1.165, 1.54) is 21.9 Å². The average molecular weight is 418 g/mol. The fraction of sp³-hybridized carbons (Fsp3) is 0.421. The number of carbonyl (C=O) groups excluding carboxylic acids is 3. The molecule has 1 aromatic heterocycles. The van der Waals surface area contributed by atoms with Crippen LogP contribution < -0.4 is 11.1 Å². The second kappa shape index (κ2) is 9.25. The Morgan fingerprint density at radius 2 is 1.60 bits per heavy atom. The van der Waals surface area contributed by atoms with E-state index in [4.69, 9.17) is 9.47 Å². The zero-order valence-electron chi connectivity index (χ0n) is 16.5. The van der Waals surface area contributed by atoms with Gasteiger partial charge in [0.15, 0.2) is 6.61 Å². The number of aromatic nitrogens is 2. The minimum atomic E-state index is -0.832. The van der Waals surface area contributed by atoms with Crippen LogP contribution in [0.25, 0.3) is 10.8 Å². The van der Waals surface area contributed by atoms with Crippen molar-refractivity contribution in [2.24, 2.45) is 0 Å². The highest BCUT2D eigenvalue weighted by atomic mass is 16.6. The zero-order chi connectivity index (χ0) is 21.7. The van der Waals surface area contributed by atoms with Crippen LogP contribution in [-0.2, 0) is 25.6 Å². The summed E-state index contributed by atoms with van der Waals surface area (Å²) < 4.78 is 10.7. The summed E-state index contributed by atoms with van der Waals surface area (Å²) in [6.07, 6.45) is -0.425. The van der Waals surface area contributed by atoms with Gasteiger partial charge in [0.05, 0.1) is 17.4 Å². The molecule has 0 aliphatic carbocycles. The predicted octanol–water partition coefficient (Wildman–Crippen LogP) is -0.466. The van der Waals surface area contributed by atoms with Gasteiger partial charge in [-0.1, -0.05) is 12.1 Å². The van der Waals surface area contributed by atoms with Gasteiger partial charge in [-0.15, -0.1) is 0 Å². The highest BCUT2D eigenvalue weighted by Gasteiger charge is 2.25. The van der Waals surface area contributed by atoms with Crippen molar-refractivity contribution in [3.8, 4) is 0 Å². The molecule has 1 fully saturated rings. The van der Waals surface area contributed by atoms with Crippen molar-refractivity contribution >= 4 is 28.7 Å². The minimum absolute atomic E-state index is 0.185. The molecular formula is C19H22N4O7. The fourth-order valence-electron chi connectivity index (χ4n) is 3.12. The van der Waals surface area contributed by atoms with Gasteiger partial charge in [0.1, 0.15) is 6.54 Å². The van der Waals surface area contributed by atoms with E-state index in [9.17, 15) is 24.0 Å². The van der Waals surface area contributed by atoms with Crippen LogP contribution in [0.4, 0.5) is 4.79 Å². The first-order valence-electron chi connectivity index (χ1n) is 9.47. The second-order valence-electron chi connectivity index (χ2n) is 6.61. The Balaban J connectivity index is 1.53. The number of carbonyl (C=O) groups is 3. The molecule has 2 heterocycles. The van der Waals surface area contributed by atoms with Crippen LogP contribution in [0.3, 0.4) is 0 Å². The summed E-state index contributed by atoms with van der Waals surface area (Å²) in [6, 6.07) is 6.26. The van der Waals surface area contributed by atoms with Crippen molar-refractivity contribution in [2.75, 3.05) is 39.4 Å². The van der Waals surface area contributed by atoms with Gasteiger partial charge in [0.25, 0.3) is 17.0 Å². The number of aromatic amines is 1. The van der Waals surface area contributed by atoms with E-state index in [0.717, 1.165) is 4.68 Å². The minimum Gasteiger partial charge on any atom is -0.454 e. The second-order valence-corrected chi connectivity index (χ2v) is 6.61. The first-order valence-corrected chi connectivity index (χ1v) is 9.47. The van der Waals surface area contributed by atoms with Gasteiger partial charge < -0.3 is 19.3 Å². The molecule has 0 radical (unpaired) electrons. The number of piperazine rings is 1. The largest absolute Gasteiger partial charge is 0.454 e. The lowest BCUT2D eigenvalue weighted by atomic mass is 10.2. The lowest BCUT2D eigenvalue weighted by Crippen LogP contribution is -2.51. The summed E-state index contributed by atoms with van der Waals surface area (Å²) in [6.45, 7) is 2.22. The van der Waals surface area contributed by atoms with E-state index < -0.39 is 42.2 Å². The molecule has 160 valence electrons. The number of esters is 1. The summed E-state index contributed by atoms with van der Waals surface area (Å²) in [5.74, 6) is -1.24. The van der Waals surface area contributed by atoms with E-state index in [1.807, 2.05) is 0 Å². The van der Waals surface area contributed by atoms with E-state index in [2.05, 4.69) is 5.10 Å². The number of nitrogens with one attached hydrogen (secondary N) is 1. The summed E-state index contributed by atoms with van der Waals surface area (Å²) in [5, 5.41) is 2.74.